The number of methoxy groups -OCH3 is 1. The van der Waals surface area contributed by atoms with Gasteiger partial charge in [-0.3, -0.25) is 0 Å². The second kappa shape index (κ2) is 7.49. The predicted octanol–water partition coefficient (Wildman–Crippen LogP) is 4.79. The van der Waals surface area contributed by atoms with E-state index in [-0.39, 0.29) is 12.6 Å². The lowest BCUT2D eigenvalue weighted by molar-refractivity contribution is 0.0467. The molecule has 0 amide bonds. The number of ether oxygens (including phenoxy) is 2. The van der Waals surface area contributed by atoms with Crippen molar-refractivity contribution in [3.63, 3.8) is 0 Å². The van der Waals surface area contributed by atoms with Crippen LogP contribution < -0.4 is 4.74 Å². The zero-order valence-corrected chi connectivity index (χ0v) is 15.2. The van der Waals surface area contributed by atoms with Crippen LogP contribution in [0.1, 0.15) is 27.2 Å². The number of nitrogens with zero attached hydrogens (tertiary/aromatic N) is 1. The lowest BCUT2D eigenvalue weighted by Crippen LogP contribution is -2.07. The minimum Gasteiger partial charge on any atom is -0.497 e. The topological polar surface area (TPSA) is 48.4 Å². The lowest BCUT2D eigenvalue weighted by atomic mass is 10.1. The van der Waals surface area contributed by atoms with Crippen LogP contribution in [0.3, 0.4) is 0 Å². The molecule has 1 heterocycles. The molecule has 0 aliphatic rings. The van der Waals surface area contributed by atoms with Crippen molar-refractivity contribution in [1.82, 2.24) is 4.98 Å². The molecule has 0 N–H and O–H groups in total. The summed E-state index contributed by atoms with van der Waals surface area (Å²) in [6.45, 7) is 4.07. The van der Waals surface area contributed by atoms with Gasteiger partial charge in [0.2, 0.25) is 0 Å². The highest BCUT2D eigenvalue weighted by Crippen LogP contribution is 2.26. The fraction of sp³-hybridized carbons (Fsp3) is 0.200. The van der Waals surface area contributed by atoms with Gasteiger partial charge in [0, 0.05) is 10.9 Å². The van der Waals surface area contributed by atoms with Crippen LogP contribution in [0.4, 0.5) is 0 Å². The molecule has 0 atom stereocenters. The number of aryl methyl sites for hydroxylation is 2. The van der Waals surface area contributed by atoms with Gasteiger partial charge in [-0.2, -0.15) is 0 Å². The van der Waals surface area contributed by atoms with Gasteiger partial charge >= 0.3 is 5.97 Å². The Labute approximate surface area is 151 Å². The summed E-state index contributed by atoms with van der Waals surface area (Å²) in [5.74, 6) is 0.486. The average molecular weight is 353 g/mol. The third-order valence-electron chi connectivity index (χ3n) is 3.84. The molecule has 0 fully saturated rings. The van der Waals surface area contributed by atoms with E-state index in [0.717, 1.165) is 33.1 Å². The van der Waals surface area contributed by atoms with Crippen LogP contribution in [0.15, 0.2) is 47.8 Å². The highest BCUT2D eigenvalue weighted by atomic mass is 32.1. The van der Waals surface area contributed by atoms with Crippen LogP contribution in [0, 0.1) is 13.8 Å². The minimum absolute atomic E-state index is 0.165. The normalized spacial score (nSPS) is 10.5. The number of esters is 1. The Morgan fingerprint density at radius 2 is 1.88 bits per heavy atom. The maximum absolute atomic E-state index is 12.2. The van der Waals surface area contributed by atoms with Crippen LogP contribution in [-0.2, 0) is 11.3 Å². The first kappa shape index (κ1) is 17.2. The molecular formula is C20H19NO3S. The molecule has 128 valence electrons. The smallest absolute Gasteiger partial charge is 0.338 e. The third kappa shape index (κ3) is 4.06. The van der Waals surface area contributed by atoms with Crippen molar-refractivity contribution >= 4 is 17.3 Å². The maximum atomic E-state index is 12.2. The van der Waals surface area contributed by atoms with Crippen molar-refractivity contribution in [3.8, 4) is 16.3 Å². The van der Waals surface area contributed by atoms with E-state index in [1.165, 1.54) is 11.3 Å². The summed E-state index contributed by atoms with van der Waals surface area (Å²) in [5, 5.41) is 2.80. The molecule has 1 aromatic heterocycles. The van der Waals surface area contributed by atoms with E-state index in [2.05, 4.69) is 4.98 Å². The molecule has 2 aromatic carbocycles. The van der Waals surface area contributed by atoms with Crippen molar-refractivity contribution in [1.29, 1.82) is 0 Å². The molecule has 0 radical (unpaired) electrons. The van der Waals surface area contributed by atoms with E-state index < -0.39 is 0 Å². The Kier molecular flexibility index (Phi) is 5.14. The lowest BCUT2D eigenvalue weighted by Gasteiger charge is -2.06. The van der Waals surface area contributed by atoms with E-state index in [1.807, 2.05) is 55.6 Å². The van der Waals surface area contributed by atoms with Gasteiger partial charge in [0.25, 0.3) is 0 Å². The van der Waals surface area contributed by atoms with Gasteiger partial charge < -0.3 is 9.47 Å². The third-order valence-corrected chi connectivity index (χ3v) is 4.78. The van der Waals surface area contributed by atoms with Gasteiger partial charge in [-0.05, 0) is 49.7 Å². The highest BCUT2D eigenvalue weighted by molar-refractivity contribution is 7.13. The van der Waals surface area contributed by atoms with Crippen molar-refractivity contribution in [2.24, 2.45) is 0 Å². The number of hydrogen-bond acceptors (Lipinski definition) is 5. The molecule has 0 bridgehead atoms. The molecule has 5 heteroatoms. The Balaban J connectivity index is 1.66. The van der Waals surface area contributed by atoms with Crippen LogP contribution in [0.2, 0.25) is 0 Å². The largest absolute Gasteiger partial charge is 0.497 e. The molecule has 0 aliphatic carbocycles. The molecule has 4 nitrogen and oxygen atoms in total. The second-order valence-corrected chi connectivity index (χ2v) is 6.63. The van der Waals surface area contributed by atoms with Gasteiger partial charge in [0.15, 0.2) is 0 Å². The monoisotopic (exact) mass is 353 g/mol. The number of benzene rings is 2. The van der Waals surface area contributed by atoms with Gasteiger partial charge in [0.1, 0.15) is 17.4 Å². The van der Waals surface area contributed by atoms with Crippen molar-refractivity contribution in [2.75, 3.05) is 7.11 Å². The molecule has 0 unspecified atom stereocenters. The van der Waals surface area contributed by atoms with E-state index >= 15 is 0 Å². The van der Waals surface area contributed by atoms with Crippen LogP contribution in [0.5, 0.6) is 5.75 Å². The number of aromatic nitrogens is 1. The van der Waals surface area contributed by atoms with Gasteiger partial charge in [0.05, 0.1) is 18.4 Å². The summed E-state index contributed by atoms with van der Waals surface area (Å²) >= 11 is 1.53. The first-order valence-corrected chi connectivity index (χ1v) is 8.78. The molecule has 3 rings (SSSR count). The zero-order chi connectivity index (χ0) is 17.8. The minimum atomic E-state index is -0.323. The summed E-state index contributed by atoms with van der Waals surface area (Å²) in [5.41, 5.74) is 4.39. The first-order chi connectivity index (χ1) is 12.1. The van der Waals surface area contributed by atoms with Gasteiger partial charge in [-0.15, -0.1) is 11.3 Å². The molecule has 0 saturated carbocycles. The Morgan fingerprint density at radius 1 is 1.12 bits per heavy atom. The fourth-order valence-electron chi connectivity index (χ4n) is 2.50. The van der Waals surface area contributed by atoms with Crippen LogP contribution >= 0.6 is 11.3 Å². The van der Waals surface area contributed by atoms with E-state index in [4.69, 9.17) is 9.47 Å². The molecular weight excluding hydrogens is 334 g/mol. The predicted molar refractivity (Wildman–Crippen MR) is 99.1 cm³/mol. The van der Waals surface area contributed by atoms with Crippen molar-refractivity contribution in [2.45, 2.75) is 20.5 Å². The summed E-state index contributed by atoms with van der Waals surface area (Å²) in [6.07, 6.45) is 0. The Morgan fingerprint density at radius 3 is 2.56 bits per heavy atom. The second-order valence-electron chi connectivity index (χ2n) is 5.77. The van der Waals surface area contributed by atoms with Crippen molar-refractivity contribution < 1.29 is 14.3 Å². The molecule has 0 aliphatic heterocycles. The van der Waals surface area contributed by atoms with E-state index in [1.54, 1.807) is 13.2 Å². The number of carbonyl (C=O) groups excluding carboxylic acids is 1. The number of carbonyl (C=O) groups is 1. The standard InChI is InChI=1S/C20H19NO3S/c1-13-4-9-18(14(2)10-13)20(22)24-11-16-12-25-19(21-16)15-5-7-17(23-3)8-6-15/h4-10,12H,11H2,1-3H3. The first-order valence-electron chi connectivity index (χ1n) is 7.90. The molecule has 25 heavy (non-hydrogen) atoms. The van der Waals surface area contributed by atoms with Gasteiger partial charge in [-0.1, -0.05) is 17.7 Å². The van der Waals surface area contributed by atoms with Crippen molar-refractivity contribution in [3.05, 3.63) is 70.2 Å². The van der Waals surface area contributed by atoms with Gasteiger partial charge in [-0.25, -0.2) is 9.78 Å². The van der Waals surface area contributed by atoms with E-state index in [0.29, 0.717) is 5.56 Å². The zero-order valence-electron chi connectivity index (χ0n) is 14.4. The quantitative estimate of drug-likeness (QED) is 0.619. The number of rotatable bonds is 5. The summed E-state index contributed by atoms with van der Waals surface area (Å²) in [7, 11) is 1.64. The summed E-state index contributed by atoms with van der Waals surface area (Å²) in [6, 6.07) is 13.4. The maximum Gasteiger partial charge on any atom is 0.338 e. The Hall–Kier alpha value is -2.66. The molecule has 0 saturated heterocycles. The molecule has 0 spiro atoms. The summed E-state index contributed by atoms with van der Waals surface area (Å²) < 4.78 is 10.6. The Bertz CT molecular complexity index is 884. The summed E-state index contributed by atoms with van der Waals surface area (Å²) in [4.78, 5) is 16.8. The number of hydrogen-bond donors (Lipinski definition) is 0. The highest BCUT2D eigenvalue weighted by Gasteiger charge is 2.12. The SMILES string of the molecule is COc1ccc(-c2nc(COC(=O)c3ccc(C)cc3C)cs2)cc1. The number of thiazole rings is 1. The fourth-order valence-corrected chi connectivity index (χ4v) is 3.31. The molecule has 3 aromatic rings. The van der Waals surface area contributed by atoms with Crippen LogP contribution in [0.25, 0.3) is 10.6 Å². The van der Waals surface area contributed by atoms with E-state index in [9.17, 15) is 4.79 Å². The average Bonchev–Trinajstić information content (AvgIpc) is 3.09. The van der Waals surface area contributed by atoms with Crippen LogP contribution in [-0.4, -0.2) is 18.1 Å².